The minimum Gasteiger partial charge on any atom is -0.508 e. The molecule has 0 atom stereocenters. The van der Waals surface area contributed by atoms with Crippen molar-refractivity contribution in [2.45, 2.75) is 97.3 Å². The fourth-order valence-corrected chi connectivity index (χ4v) is 4.30. The lowest BCUT2D eigenvalue weighted by Gasteiger charge is -2.28. The fraction of sp³-hybridized carbons (Fsp3) is 0.576. The molecule has 216 valence electrons. The van der Waals surface area contributed by atoms with Crippen molar-refractivity contribution in [1.29, 1.82) is 0 Å². The second kappa shape index (κ2) is 15.2. The van der Waals surface area contributed by atoms with Crippen molar-refractivity contribution in [2.24, 2.45) is 0 Å². The van der Waals surface area contributed by atoms with E-state index in [1.165, 1.54) is 0 Å². The number of ether oxygens (including phenoxy) is 2. The molecule has 0 radical (unpaired) electrons. The van der Waals surface area contributed by atoms with Gasteiger partial charge in [0.1, 0.15) is 23.1 Å². The molecule has 0 unspecified atom stereocenters. The van der Waals surface area contributed by atoms with Crippen molar-refractivity contribution in [3.05, 3.63) is 58.7 Å². The summed E-state index contributed by atoms with van der Waals surface area (Å²) in [6.07, 6.45) is 3.71. The third-order valence-electron chi connectivity index (χ3n) is 6.73. The number of carbonyl (C=O) groups is 2. The molecule has 6 nitrogen and oxygen atoms in total. The van der Waals surface area contributed by atoms with Crippen molar-refractivity contribution in [2.75, 3.05) is 26.4 Å². The Morgan fingerprint density at radius 3 is 1.51 bits per heavy atom. The van der Waals surface area contributed by atoms with Crippen LogP contribution in [0.3, 0.4) is 0 Å². The maximum Gasteiger partial charge on any atom is 0.135 e. The molecule has 0 saturated heterocycles. The highest BCUT2D eigenvalue weighted by Gasteiger charge is 2.26. The number of benzene rings is 2. The predicted octanol–water partition coefficient (Wildman–Crippen LogP) is 6.60. The van der Waals surface area contributed by atoms with E-state index >= 15 is 0 Å². The molecule has 0 aliphatic carbocycles. The molecule has 0 aliphatic heterocycles. The van der Waals surface area contributed by atoms with Crippen LogP contribution in [-0.2, 0) is 42.7 Å². The van der Waals surface area contributed by atoms with Crippen LogP contribution in [-0.4, -0.2) is 48.2 Å². The van der Waals surface area contributed by atoms with Crippen molar-refractivity contribution in [3.63, 3.8) is 0 Å². The van der Waals surface area contributed by atoms with Gasteiger partial charge in [0.2, 0.25) is 0 Å². The highest BCUT2D eigenvalue weighted by atomic mass is 16.5. The molecule has 2 aromatic carbocycles. The summed E-state index contributed by atoms with van der Waals surface area (Å²) in [5, 5.41) is 20.2. The highest BCUT2D eigenvalue weighted by Crippen LogP contribution is 2.40. The molecule has 0 bridgehead atoms. The summed E-state index contributed by atoms with van der Waals surface area (Å²) in [4.78, 5) is 24.5. The standard InChI is InChI=1S/C33H48O6/c1-32(2,3)29-22-25(23-30(31(29)37)33(4,5)6)11-15-28(36)17-21-39-19-7-18-38-20-16-27(35)14-10-24-8-12-26(34)13-9-24/h8-9,12-13,22-23,34,37H,7,10-11,14-21H2,1-6H3. The Morgan fingerprint density at radius 2 is 1.08 bits per heavy atom. The molecule has 0 spiro atoms. The SMILES string of the molecule is CC(C)(C)c1cc(CCC(=O)CCOCCCOCCC(=O)CCc2ccc(O)cc2)cc(C(C)(C)C)c1O. The maximum absolute atomic E-state index is 12.4. The number of Topliss-reactive ketones (excluding diaryl/α,β-unsaturated/α-hetero) is 2. The number of phenolic OH excluding ortho intramolecular Hbond substituents is 2. The summed E-state index contributed by atoms with van der Waals surface area (Å²) in [6, 6.07) is 11.0. The summed E-state index contributed by atoms with van der Waals surface area (Å²) in [7, 11) is 0. The van der Waals surface area contributed by atoms with Gasteiger partial charge in [-0.3, -0.25) is 9.59 Å². The second-order valence-corrected chi connectivity index (χ2v) is 12.4. The van der Waals surface area contributed by atoms with Gasteiger partial charge in [0.05, 0.1) is 13.2 Å². The molecule has 2 rings (SSSR count). The van der Waals surface area contributed by atoms with Gasteiger partial charge in [-0.25, -0.2) is 0 Å². The van der Waals surface area contributed by atoms with Crippen molar-refractivity contribution in [3.8, 4) is 11.5 Å². The first-order valence-corrected chi connectivity index (χ1v) is 14.1. The number of phenols is 2. The molecular weight excluding hydrogens is 492 g/mol. The smallest absolute Gasteiger partial charge is 0.135 e. The van der Waals surface area contributed by atoms with Crippen LogP contribution in [0.1, 0.15) is 95.9 Å². The van der Waals surface area contributed by atoms with Crippen molar-refractivity contribution in [1.82, 2.24) is 0 Å². The number of hydrogen-bond donors (Lipinski definition) is 2. The number of carbonyl (C=O) groups excluding carboxylic acids is 2. The van der Waals surface area contributed by atoms with Crippen LogP contribution in [0.25, 0.3) is 0 Å². The van der Waals surface area contributed by atoms with E-state index in [2.05, 4.69) is 41.5 Å². The number of aryl methyl sites for hydroxylation is 2. The maximum atomic E-state index is 12.4. The van der Waals surface area contributed by atoms with E-state index < -0.39 is 0 Å². The van der Waals surface area contributed by atoms with Crippen LogP contribution in [0.2, 0.25) is 0 Å². The zero-order valence-corrected chi connectivity index (χ0v) is 24.8. The molecule has 2 aromatic rings. The van der Waals surface area contributed by atoms with Crippen LogP contribution >= 0.6 is 0 Å². The zero-order chi connectivity index (χ0) is 29.1. The van der Waals surface area contributed by atoms with Crippen LogP contribution in [0, 0.1) is 0 Å². The van der Waals surface area contributed by atoms with Gasteiger partial charge in [0.15, 0.2) is 0 Å². The van der Waals surface area contributed by atoms with Gasteiger partial charge < -0.3 is 19.7 Å². The topological polar surface area (TPSA) is 93.1 Å². The zero-order valence-electron chi connectivity index (χ0n) is 24.8. The largest absolute Gasteiger partial charge is 0.508 e. The minimum atomic E-state index is -0.189. The molecule has 0 saturated carbocycles. The third-order valence-corrected chi connectivity index (χ3v) is 6.73. The lowest BCUT2D eigenvalue weighted by atomic mass is 9.78. The summed E-state index contributed by atoms with van der Waals surface area (Å²) in [5.41, 5.74) is 3.57. The summed E-state index contributed by atoms with van der Waals surface area (Å²) >= 11 is 0. The average molecular weight is 541 g/mol. The van der Waals surface area contributed by atoms with Gasteiger partial charge in [-0.15, -0.1) is 0 Å². The van der Waals surface area contributed by atoms with Gasteiger partial charge in [-0.1, -0.05) is 65.8 Å². The average Bonchev–Trinajstić information content (AvgIpc) is 2.85. The number of hydrogen-bond acceptors (Lipinski definition) is 6. The van der Waals surface area contributed by atoms with E-state index in [0.717, 1.165) is 22.3 Å². The Kier molecular flexibility index (Phi) is 12.7. The number of rotatable bonds is 16. The fourth-order valence-electron chi connectivity index (χ4n) is 4.30. The molecule has 0 amide bonds. The molecule has 0 heterocycles. The molecule has 39 heavy (non-hydrogen) atoms. The molecule has 6 heteroatoms. The Morgan fingerprint density at radius 1 is 0.641 bits per heavy atom. The molecule has 2 N–H and O–H groups in total. The quantitative estimate of drug-likeness (QED) is 0.233. The molecule has 0 fully saturated rings. The van der Waals surface area contributed by atoms with E-state index in [1.807, 2.05) is 24.3 Å². The first-order valence-electron chi connectivity index (χ1n) is 14.1. The van der Waals surface area contributed by atoms with E-state index in [1.54, 1.807) is 12.1 Å². The first-order chi connectivity index (χ1) is 18.3. The predicted molar refractivity (Wildman–Crippen MR) is 156 cm³/mol. The minimum absolute atomic E-state index is 0.161. The van der Waals surface area contributed by atoms with Gasteiger partial charge in [0, 0.05) is 38.9 Å². The van der Waals surface area contributed by atoms with Gasteiger partial charge >= 0.3 is 0 Å². The van der Waals surface area contributed by atoms with Crippen LogP contribution in [0.5, 0.6) is 11.5 Å². The Balaban J connectivity index is 1.59. The monoisotopic (exact) mass is 540 g/mol. The summed E-state index contributed by atoms with van der Waals surface area (Å²) < 4.78 is 11.1. The van der Waals surface area contributed by atoms with Gasteiger partial charge in [-0.05, 0) is 64.5 Å². The van der Waals surface area contributed by atoms with Crippen molar-refractivity contribution < 1.29 is 29.3 Å². The molecular formula is C33H48O6. The summed E-state index contributed by atoms with van der Waals surface area (Å²) in [6.45, 7) is 14.4. The normalized spacial score (nSPS) is 12.1. The van der Waals surface area contributed by atoms with Gasteiger partial charge in [-0.2, -0.15) is 0 Å². The Bertz CT molecular complexity index is 1020. The lowest BCUT2D eigenvalue weighted by Crippen LogP contribution is -2.18. The summed E-state index contributed by atoms with van der Waals surface area (Å²) in [5.74, 6) is 0.915. The Labute approximate surface area is 234 Å². The molecule has 0 aliphatic rings. The lowest BCUT2D eigenvalue weighted by molar-refractivity contribution is -0.120. The van der Waals surface area contributed by atoms with Gasteiger partial charge in [0.25, 0.3) is 0 Å². The van der Waals surface area contributed by atoms with Crippen LogP contribution in [0.15, 0.2) is 36.4 Å². The van der Waals surface area contributed by atoms with E-state index in [-0.39, 0.29) is 28.1 Å². The number of ketones is 2. The molecule has 0 aromatic heterocycles. The third kappa shape index (κ3) is 11.9. The van der Waals surface area contributed by atoms with Crippen LogP contribution < -0.4 is 0 Å². The van der Waals surface area contributed by atoms with E-state index in [0.29, 0.717) is 77.1 Å². The first kappa shape index (κ1) is 32.5. The highest BCUT2D eigenvalue weighted by molar-refractivity contribution is 5.79. The van der Waals surface area contributed by atoms with Crippen molar-refractivity contribution >= 4 is 11.6 Å². The second-order valence-electron chi connectivity index (χ2n) is 12.4. The number of aromatic hydroxyl groups is 2. The Hall–Kier alpha value is -2.70. The van der Waals surface area contributed by atoms with Crippen LogP contribution in [0.4, 0.5) is 0 Å². The van der Waals surface area contributed by atoms with E-state index in [9.17, 15) is 19.8 Å². The van der Waals surface area contributed by atoms with E-state index in [4.69, 9.17) is 9.47 Å².